The first-order valence-electron chi connectivity index (χ1n) is 11.4. The first-order valence-corrected chi connectivity index (χ1v) is 11.4. The maximum atomic E-state index is 13.0. The second kappa shape index (κ2) is 8.09. The van der Waals surface area contributed by atoms with E-state index in [9.17, 15) is 4.79 Å². The van der Waals surface area contributed by atoms with Crippen LogP contribution in [0.3, 0.4) is 0 Å². The molecule has 4 aromatic rings. The fourth-order valence-corrected chi connectivity index (χ4v) is 4.51. The summed E-state index contributed by atoms with van der Waals surface area (Å²) in [5.74, 6) is 1.95. The van der Waals surface area contributed by atoms with Gasteiger partial charge >= 0.3 is 0 Å². The predicted octanol–water partition coefficient (Wildman–Crippen LogP) is 3.54. The lowest BCUT2D eigenvalue weighted by molar-refractivity contribution is 0.0946. The summed E-state index contributed by atoms with van der Waals surface area (Å²) in [6, 6.07) is 7.91. The number of aryl methyl sites for hydroxylation is 3. The topological polar surface area (TPSA) is 108 Å². The Labute approximate surface area is 196 Å². The van der Waals surface area contributed by atoms with Gasteiger partial charge in [-0.05, 0) is 55.9 Å². The Morgan fingerprint density at radius 2 is 2.06 bits per heavy atom. The van der Waals surface area contributed by atoms with Gasteiger partial charge in [0, 0.05) is 23.7 Å². The molecule has 3 aromatic heterocycles. The number of fused-ring (bicyclic) bond motifs is 3. The third-order valence-electron chi connectivity index (χ3n) is 6.39. The largest absolute Gasteiger partial charge is 0.497 e. The number of benzene rings is 1. The Hall–Kier alpha value is -4.01. The van der Waals surface area contributed by atoms with Crippen molar-refractivity contribution in [1.29, 1.82) is 0 Å². The van der Waals surface area contributed by atoms with Crippen LogP contribution in [0.15, 0.2) is 41.2 Å². The Morgan fingerprint density at radius 3 is 2.82 bits per heavy atom. The zero-order valence-electron chi connectivity index (χ0n) is 19.0. The van der Waals surface area contributed by atoms with E-state index in [0.717, 1.165) is 59.6 Å². The monoisotopic (exact) mass is 456 g/mol. The zero-order valence-corrected chi connectivity index (χ0v) is 19.0. The molecule has 1 fully saturated rings. The van der Waals surface area contributed by atoms with E-state index in [1.165, 1.54) is 5.56 Å². The van der Waals surface area contributed by atoms with Gasteiger partial charge in [-0.1, -0.05) is 11.2 Å². The molecule has 9 nitrogen and oxygen atoms in total. The van der Waals surface area contributed by atoms with Crippen molar-refractivity contribution < 1.29 is 14.1 Å². The molecule has 0 bridgehead atoms. The first kappa shape index (κ1) is 20.6. The van der Waals surface area contributed by atoms with E-state index in [-0.39, 0.29) is 18.4 Å². The van der Waals surface area contributed by atoms with Gasteiger partial charge in [0.1, 0.15) is 5.75 Å². The van der Waals surface area contributed by atoms with Crippen molar-refractivity contribution in [1.82, 2.24) is 30.2 Å². The maximum Gasteiger partial charge on any atom is 0.255 e. The number of aromatic nitrogens is 5. The maximum absolute atomic E-state index is 13.0. The van der Waals surface area contributed by atoms with Crippen molar-refractivity contribution in [2.24, 2.45) is 0 Å². The highest BCUT2D eigenvalue weighted by molar-refractivity contribution is 5.95. The summed E-state index contributed by atoms with van der Waals surface area (Å²) >= 11 is 0. The zero-order chi connectivity index (χ0) is 23.2. The first-order chi connectivity index (χ1) is 16.6. The molecular weight excluding hydrogens is 432 g/mol. The Balaban J connectivity index is 1.35. The van der Waals surface area contributed by atoms with E-state index in [4.69, 9.17) is 14.2 Å². The number of nitrogens with one attached hydrogen (secondary N) is 1. The van der Waals surface area contributed by atoms with Crippen molar-refractivity contribution >= 4 is 5.91 Å². The van der Waals surface area contributed by atoms with Crippen LogP contribution in [0.2, 0.25) is 0 Å². The van der Waals surface area contributed by atoms with Crippen LogP contribution in [0.5, 0.6) is 5.75 Å². The Morgan fingerprint density at radius 1 is 1.21 bits per heavy atom. The summed E-state index contributed by atoms with van der Waals surface area (Å²) in [6.07, 6.45) is 7.34. The molecule has 3 heterocycles. The normalized spacial score (nSPS) is 14.4. The van der Waals surface area contributed by atoms with Gasteiger partial charge in [-0.2, -0.15) is 5.10 Å². The van der Waals surface area contributed by atoms with Crippen LogP contribution >= 0.6 is 0 Å². The molecule has 2 aliphatic carbocycles. The van der Waals surface area contributed by atoms with Crippen LogP contribution in [0.4, 0.5) is 0 Å². The number of rotatable bonds is 6. The standard InChI is InChI=1S/C25H24N6O3/c1-14-9-19(34-30-14)12-26-24(32)21-13-28-31(23(21)16-4-5-16)25-27-11-17-6-3-15-7-8-18(33-2)10-20(15)22(17)29-25/h7-11,13,16H,3-6,12H2,1-2H3,(H,26,32). The average Bonchev–Trinajstić information content (AvgIpc) is 3.47. The average molecular weight is 457 g/mol. The highest BCUT2D eigenvalue weighted by atomic mass is 16.5. The van der Waals surface area contributed by atoms with E-state index in [0.29, 0.717) is 17.3 Å². The van der Waals surface area contributed by atoms with Crippen molar-refractivity contribution in [2.75, 3.05) is 7.11 Å². The molecule has 0 spiro atoms. The number of methoxy groups -OCH3 is 1. The molecule has 6 rings (SSSR count). The number of hydrogen-bond donors (Lipinski definition) is 1. The van der Waals surface area contributed by atoms with E-state index in [1.807, 2.05) is 25.3 Å². The van der Waals surface area contributed by atoms with Crippen LogP contribution in [0, 0.1) is 6.92 Å². The minimum Gasteiger partial charge on any atom is -0.497 e. The summed E-state index contributed by atoms with van der Waals surface area (Å²) in [6.45, 7) is 2.11. The molecule has 0 unspecified atom stereocenters. The minimum atomic E-state index is -0.199. The van der Waals surface area contributed by atoms with E-state index >= 15 is 0 Å². The van der Waals surface area contributed by atoms with Gasteiger partial charge < -0.3 is 14.6 Å². The van der Waals surface area contributed by atoms with E-state index < -0.39 is 0 Å². The van der Waals surface area contributed by atoms with Gasteiger partial charge in [0.25, 0.3) is 11.9 Å². The summed E-state index contributed by atoms with van der Waals surface area (Å²) in [5.41, 5.74) is 6.47. The third-order valence-corrected chi connectivity index (χ3v) is 6.39. The second-order valence-electron chi connectivity index (χ2n) is 8.81. The second-order valence-corrected chi connectivity index (χ2v) is 8.81. The Bertz CT molecular complexity index is 1400. The summed E-state index contributed by atoms with van der Waals surface area (Å²) in [7, 11) is 1.67. The molecule has 2 aliphatic rings. The molecule has 34 heavy (non-hydrogen) atoms. The van der Waals surface area contributed by atoms with Gasteiger partial charge in [0.15, 0.2) is 5.76 Å². The van der Waals surface area contributed by atoms with Crippen LogP contribution in [-0.4, -0.2) is 37.9 Å². The van der Waals surface area contributed by atoms with Gasteiger partial charge in [0.2, 0.25) is 0 Å². The lowest BCUT2D eigenvalue weighted by atomic mass is 9.90. The highest BCUT2D eigenvalue weighted by Crippen LogP contribution is 2.42. The van der Waals surface area contributed by atoms with Crippen molar-refractivity contribution in [3.63, 3.8) is 0 Å². The molecule has 1 aromatic carbocycles. The van der Waals surface area contributed by atoms with Gasteiger partial charge in [-0.3, -0.25) is 4.79 Å². The fourth-order valence-electron chi connectivity index (χ4n) is 4.51. The Kier molecular flexibility index (Phi) is 4.90. The molecule has 172 valence electrons. The number of nitrogens with zero attached hydrogens (tertiary/aromatic N) is 5. The van der Waals surface area contributed by atoms with Crippen LogP contribution in [0.1, 0.15) is 57.4 Å². The van der Waals surface area contributed by atoms with Gasteiger partial charge in [-0.15, -0.1) is 0 Å². The van der Waals surface area contributed by atoms with Crippen molar-refractivity contribution in [3.05, 3.63) is 70.5 Å². The van der Waals surface area contributed by atoms with Crippen LogP contribution in [0.25, 0.3) is 17.2 Å². The molecule has 9 heteroatoms. The number of ether oxygens (including phenoxy) is 1. The third kappa shape index (κ3) is 3.63. The molecule has 0 radical (unpaired) electrons. The van der Waals surface area contributed by atoms with Crippen LogP contribution < -0.4 is 10.1 Å². The smallest absolute Gasteiger partial charge is 0.255 e. The number of hydrogen-bond acceptors (Lipinski definition) is 7. The molecule has 1 N–H and O–H groups in total. The lowest BCUT2D eigenvalue weighted by Gasteiger charge is -2.20. The fraction of sp³-hybridized carbons (Fsp3) is 0.320. The highest BCUT2D eigenvalue weighted by Gasteiger charge is 2.34. The molecule has 1 saturated carbocycles. The molecular formula is C25H24N6O3. The SMILES string of the molecule is COc1ccc2c(c1)-c1nc(-n3ncc(C(=O)NCc4cc(C)no4)c3C3CC3)ncc1CC2. The van der Waals surface area contributed by atoms with Crippen molar-refractivity contribution in [3.8, 4) is 23.0 Å². The summed E-state index contributed by atoms with van der Waals surface area (Å²) in [5, 5.41) is 11.3. The quantitative estimate of drug-likeness (QED) is 0.473. The summed E-state index contributed by atoms with van der Waals surface area (Å²) in [4.78, 5) is 22.5. The van der Waals surface area contributed by atoms with Gasteiger partial charge in [0.05, 0.1) is 42.5 Å². The number of carbonyl (C=O) groups excluding carboxylic acids is 1. The molecule has 0 aliphatic heterocycles. The minimum absolute atomic E-state index is 0.199. The molecule has 0 saturated heterocycles. The summed E-state index contributed by atoms with van der Waals surface area (Å²) < 4.78 is 12.4. The van der Waals surface area contributed by atoms with Gasteiger partial charge in [-0.25, -0.2) is 14.6 Å². The van der Waals surface area contributed by atoms with Crippen molar-refractivity contribution in [2.45, 2.75) is 45.1 Å². The molecule has 0 atom stereocenters. The predicted molar refractivity (Wildman–Crippen MR) is 123 cm³/mol. The number of amides is 1. The van der Waals surface area contributed by atoms with E-state index in [1.54, 1.807) is 24.1 Å². The number of carbonyl (C=O) groups is 1. The van der Waals surface area contributed by atoms with Crippen LogP contribution in [-0.2, 0) is 19.4 Å². The molecule has 1 amide bonds. The lowest BCUT2D eigenvalue weighted by Crippen LogP contribution is -2.23. The van der Waals surface area contributed by atoms with E-state index in [2.05, 4.69) is 26.6 Å².